The van der Waals surface area contributed by atoms with Crippen molar-refractivity contribution < 1.29 is 14.6 Å². The molecule has 3 heteroatoms. The van der Waals surface area contributed by atoms with Gasteiger partial charge in [0.15, 0.2) is 0 Å². The molecule has 0 saturated heterocycles. The van der Waals surface area contributed by atoms with Gasteiger partial charge in [0.1, 0.15) is 6.10 Å². The van der Waals surface area contributed by atoms with Crippen LogP contribution in [-0.2, 0) is 9.53 Å². The Balaban J connectivity index is 2.22. The Morgan fingerprint density at radius 1 is 1.22 bits per heavy atom. The fourth-order valence-electron chi connectivity index (χ4n) is 2.16. The van der Waals surface area contributed by atoms with Gasteiger partial charge in [-0.3, -0.25) is 4.79 Å². The maximum Gasteiger partial charge on any atom is 0.311 e. The van der Waals surface area contributed by atoms with E-state index in [9.17, 15) is 9.90 Å². The second-order valence-corrected chi connectivity index (χ2v) is 5.87. The highest BCUT2D eigenvalue weighted by molar-refractivity contribution is 5.75. The van der Waals surface area contributed by atoms with E-state index in [-0.39, 0.29) is 12.1 Å². The first kappa shape index (κ1) is 13.1. The Kier molecular flexibility index (Phi) is 3.44. The van der Waals surface area contributed by atoms with Crippen molar-refractivity contribution in [3.05, 3.63) is 35.4 Å². The molecule has 0 radical (unpaired) electrons. The van der Waals surface area contributed by atoms with Crippen LogP contribution in [0.5, 0.6) is 0 Å². The summed E-state index contributed by atoms with van der Waals surface area (Å²) in [7, 11) is 0. The van der Waals surface area contributed by atoms with Crippen molar-refractivity contribution in [1.29, 1.82) is 0 Å². The SMILES string of the molecule is CC(C)(C)C(=O)O[C@@H]1CC[C@@H](O)c2ccccc21. The monoisotopic (exact) mass is 248 g/mol. The molecule has 98 valence electrons. The molecule has 18 heavy (non-hydrogen) atoms. The lowest BCUT2D eigenvalue weighted by Gasteiger charge is -2.30. The summed E-state index contributed by atoms with van der Waals surface area (Å²) in [4.78, 5) is 11.9. The minimum Gasteiger partial charge on any atom is -0.457 e. The lowest BCUT2D eigenvalue weighted by Crippen LogP contribution is -2.27. The molecule has 0 heterocycles. The molecule has 0 bridgehead atoms. The van der Waals surface area contributed by atoms with Crippen LogP contribution in [0.3, 0.4) is 0 Å². The van der Waals surface area contributed by atoms with E-state index < -0.39 is 11.5 Å². The fraction of sp³-hybridized carbons (Fsp3) is 0.533. The topological polar surface area (TPSA) is 46.5 Å². The third-order valence-electron chi connectivity index (χ3n) is 3.27. The molecule has 0 amide bonds. The third kappa shape index (κ3) is 2.56. The summed E-state index contributed by atoms with van der Waals surface area (Å²) in [5.74, 6) is -0.196. The Morgan fingerprint density at radius 3 is 2.44 bits per heavy atom. The minimum atomic E-state index is -0.495. The summed E-state index contributed by atoms with van der Waals surface area (Å²) in [6, 6.07) is 7.64. The normalized spacial score (nSPS) is 23.3. The van der Waals surface area contributed by atoms with Crippen LogP contribution in [0.15, 0.2) is 24.3 Å². The van der Waals surface area contributed by atoms with Gasteiger partial charge in [0.2, 0.25) is 0 Å². The standard InChI is InChI=1S/C15H20O3/c1-15(2,3)14(17)18-13-9-8-12(16)10-6-4-5-7-11(10)13/h4-7,12-13,16H,8-9H2,1-3H3/t12-,13-/m1/s1. The van der Waals surface area contributed by atoms with Crippen molar-refractivity contribution in [2.24, 2.45) is 5.41 Å². The second kappa shape index (κ2) is 4.73. The van der Waals surface area contributed by atoms with Crippen LogP contribution in [-0.4, -0.2) is 11.1 Å². The van der Waals surface area contributed by atoms with E-state index in [2.05, 4.69) is 0 Å². The Morgan fingerprint density at radius 2 is 1.83 bits per heavy atom. The van der Waals surface area contributed by atoms with E-state index in [0.717, 1.165) is 11.1 Å². The van der Waals surface area contributed by atoms with Crippen molar-refractivity contribution >= 4 is 5.97 Å². The van der Waals surface area contributed by atoms with Gasteiger partial charge in [-0.2, -0.15) is 0 Å². The number of carbonyl (C=O) groups is 1. The van der Waals surface area contributed by atoms with E-state index in [1.807, 2.05) is 45.0 Å². The van der Waals surface area contributed by atoms with Gasteiger partial charge in [0.05, 0.1) is 11.5 Å². The molecule has 1 aliphatic carbocycles. The largest absolute Gasteiger partial charge is 0.457 e. The summed E-state index contributed by atoms with van der Waals surface area (Å²) in [5, 5.41) is 9.93. The summed E-state index contributed by atoms with van der Waals surface area (Å²) in [6.45, 7) is 5.54. The van der Waals surface area contributed by atoms with E-state index in [1.54, 1.807) is 0 Å². The Hall–Kier alpha value is -1.35. The van der Waals surface area contributed by atoms with E-state index in [0.29, 0.717) is 12.8 Å². The molecule has 0 saturated carbocycles. The zero-order valence-corrected chi connectivity index (χ0v) is 11.1. The van der Waals surface area contributed by atoms with Crippen molar-refractivity contribution in [3.63, 3.8) is 0 Å². The third-order valence-corrected chi connectivity index (χ3v) is 3.27. The smallest absolute Gasteiger partial charge is 0.311 e. The lowest BCUT2D eigenvalue weighted by atomic mass is 9.87. The van der Waals surface area contributed by atoms with Crippen molar-refractivity contribution in [2.45, 2.75) is 45.8 Å². The molecule has 1 aromatic carbocycles. The molecule has 1 aliphatic rings. The predicted octanol–water partition coefficient (Wildman–Crippen LogP) is 3.14. The number of aliphatic hydroxyl groups excluding tert-OH is 1. The van der Waals surface area contributed by atoms with Gasteiger partial charge in [-0.15, -0.1) is 0 Å². The van der Waals surface area contributed by atoms with Crippen molar-refractivity contribution in [1.82, 2.24) is 0 Å². The number of fused-ring (bicyclic) bond motifs is 1. The summed E-state index contributed by atoms with van der Waals surface area (Å²) in [5.41, 5.74) is 1.33. The number of hydrogen-bond acceptors (Lipinski definition) is 3. The number of carbonyl (C=O) groups excluding carboxylic acids is 1. The highest BCUT2D eigenvalue weighted by Gasteiger charge is 2.31. The van der Waals surface area contributed by atoms with Crippen molar-refractivity contribution in [3.8, 4) is 0 Å². The quantitative estimate of drug-likeness (QED) is 0.777. The first-order valence-electron chi connectivity index (χ1n) is 6.37. The van der Waals surface area contributed by atoms with Gasteiger partial charge < -0.3 is 9.84 Å². The zero-order chi connectivity index (χ0) is 13.3. The first-order valence-corrected chi connectivity index (χ1v) is 6.37. The summed E-state index contributed by atoms with van der Waals surface area (Å²) < 4.78 is 5.58. The van der Waals surface area contributed by atoms with Crippen LogP contribution in [0, 0.1) is 5.41 Å². The Labute approximate surface area is 108 Å². The number of ether oxygens (including phenoxy) is 1. The summed E-state index contributed by atoms with van der Waals surface area (Å²) in [6.07, 6.45) is 0.654. The van der Waals surface area contributed by atoms with Gasteiger partial charge >= 0.3 is 5.97 Å². The minimum absolute atomic E-state index is 0.196. The molecule has 1 N–H and O–H groups in total. The van der Waals surface area contributed by atoms with Gasteiger partial charge in [-0.25, -0.2) is 0 Å². The van der Waals surface area contributed by atoms with Crippen LogP contribution in [0.1, 0.15) is 56.9 Å². The van der Waals surface area contributed by atoms with E-state index >= 15 is 0 Å². The average Bonchev–Trinajstić information content (AvgIpc) is 2.32. The van der Waals surface area contributed by atoms with Gasteiger partial charge in [0, 0.05) is 0 Å². The molecule has 0 aromatic heterocycles. The average molecular weight is 248 g/mol. The molecule has 0 aliphatic heterocycles. The maximum atomic E-state index is 11.9. The number of aliphatic hydroxyl groups is 1. The number of benzene rings is 1. The highest BCUT2D eigenvalue weighted by atomic mass is 16.5. The molecule has 0 unspecified atom stereocenters. The highest BCUT2D eigenvalue weighted by Crippen LogP contribution is 2.38. The van der Waals surface area contributed by atoms with Gasteiger partial charge in [-0.1, -0.05) is 24.3 Å². The van der Waals surface area contributed by atoms with Gasteiger partial charge in [0.25, 0.3) is 0 Å². The van der Waals surface area contributed by atoms with Crippen LogP contribution in [0.25, 0.3) is 0 Å². The van der Waals surface area contributed by atoms with E-state index in [1.165, 1.54) is 0 Å². The van der Waals surface area contributed by atoms with Crippen molar-refractivity contribution in [2.75, 3.05) is 0 Å². The van der Waals surface area contributed by atoms with Gasteiger partial charge in [-0.05, 0) is 44.7 Å². The number of esters is 1. The molecule has 2 atom stereocenters. The lowest BCUT2D eigenvalue weighted by molar-refractivity contribution is -0.160. The maximum absolute atomic E-state index is 11.9. The predicted molar refractivity (Wildman–Crippen MR) is 68.9 cm³/mol. The fourth-order valence-corrected chi connectivity index (χ4v) is 2.16. The van der Waals surface area contributed by atoms with Crippen LogP contribution in [0.2, 0.25) is 0 Å². The molecule has 3 nitrogen and oxygen atoms in total. The molecular formula is C15H20O3. The van der Waals surface area contributed by atoms with Crippen LogP contribution >= 0.6 is 0 Å². The number of hydrogen-bond donors (Lipinski definition) is 1. The first-order chi connectivity index (χ1) is 8.39. The Bertz CT molecular complexity index is 445. The van der Waals surface area contributed by atoms with E-state index in [4.69, 9.17) is 4.74 Å². The zero-order valence-electron chi connectivity index (χ0n) is 11.1. The van der Waals surface area contributed by atoms with Crippen LogP contribution in [0.4, 0.5) is 0 Å². The molecular weight excluding hydrogens is 228 g/mol. The molecule has 0 spiro atoms. The van der Waals surface area contributed by atoms with Crippen LogP contribution < -0.4 is 0 Å². The molecule has 1 aromatic rings. The number of rotatable bonds is 1. The second-order valence-electron chi connectivity index (χ2n) is 5.87. The molecule has 2 rings (SSSR count). The molecule has 0 fully saturated rings. The summed E-state index contributed by atoms with van der Waals surface area (Å²) >= 11 is 0.